The van der Waals surface area contributed by atoms with E-state index in [1.54, 1.807) is 11.3 Å². The number of hydrogen-bond acceptors (Lipinski definition) is 4. The zero-order valence-corrected chi connectivity index (χ0v) is 19.1. The summed E-state index contributed by atoms with van der Waals surface area (Å²) in [6, 6.07) is 14.5. The Morgan fingerprint density at radius 2 is 2.03 bits per heavy atom. The summed E-state index contributed by atoms with van der Waals surface area (Å²) < 4.78 is 0. The van der Waals surface area contributed by atoms with E-state index in [0.717, 1.165) is 42.2 Å². The minimum absolute atomic E-state index is 0.130. The summed E-state index contributed by atoms with van der Waals surface area (Å²) in [6.07, 6.45) is 6.59. The Kier molecular flexibility index (Phi) is 6.06. The van der Waals surface area contributed by atoms with Gasteiger partial charge in [-0.25, -0.2) is 5.43 Å². The molecule has 3 aromatic rings. The number of aryl methyl sites for hydroxylation is 1. The Labute approximate surface area is 192 Å². The second-order valence-corrected chi connectivity index (χ2v) is 9.48. The number of nitrogens with one attached hydrogen (secondary N) is 3. The minimum Gasteiger partial charge on any atom is -0.359 e. The van der Waals surface area contributed by atoms with E-state index in [1.165, 1.54) is 35.2 Å². The van der Waals surface area contributed by atoms with Gasteiger partial charge in [-0.1, -0.05) is 36.4 Å². The summed E-state index contributed by atoms with van der Waals surface area (Å²) in [6.45, 7) is 4.04. The predicted molar refractivity (Wildman–Crippen MR) is 131 cm³/mol. The summed E-state index contributed by atoms with van der Waals surface area (Å²) in [5, 5.41) is 9.86. The number of carbonyl (C=O) groups is 1. The zero-order valence-electron chi connectivity index (χ0n) is 18.3. The van der Waals surface area contributed by atoms with Crippen molar-refractivity contribution in [1.29, 1.82) is 0 Å². The highest BCUT2D eigenvalue weighted by Crippen LogP contribution is 2.45. The zero-order chi connectivity index (χ0) is 21.9. The third-order valence-electron chi connectivity index (χ3n) is 6.14. The molecule has 0 radical (unpaired) electrons. The van der Waals surface area contributed by atoms with Crippen LogP contribution >= 0.6 is 11.3 Å². The van der Waals surface area contributed by atoms with Crippen LogP contribution in [0, 0.1) is 6.92 Å². The second-order valence-electron chi connectivity index (χ2n) is 8.53. The van der Waals surface area contributed by atoms with Crippen LogP contribution in [-0.4, -0.2) is 23.1 Å². The van der Waals surface area contributed by atoms with Gasteiger partial charge in [0.2, 0.25) is 0 Å². The highest BCUT2D eigenvalue weighted by atomic mass is 32.1. The van der Waals surface area contributed by atoms with Gasteiger partial charge in [0.05, 0.1) is 10.5 Å². The molecule has 0 spiro atoms. The molecule has 0 bridgehead atoms. The highest BCUT2D eigenvalue weighted by Gasteiger charge is 2.32. The van der Waals surface area contributed by atoms with Crippen molar-refractivity contribution in [2.45, 2.75) is 45.1 Å². The number of nitrogens with zero attached hydrogens (tertiary/aromatic N) is 1. The number of rotatable bonds is 9. The fourth-order valence-corrected chi connectivity index (χ4v) is 5.14. The van der Waals surface area contributed by atoms with Gasteiger partial charge in [-0.3, -0.25) is 4.79 Å². The van der Waals surface area contributed by atoms with Crippen molar-refractivity contribution in [2.75, 3.05) is 6.54 Å². The van der Waals surface area contributed by atoms with Crippen molar-refractivity contribution in [3.8, 4) is 0 Å². The van der Waals surface area contributed by atoms with Crippen molar-refractivity contribution >= 4 is 29.0 Å². The predicted octanol–water partition coefficient (Wildman–Crippen LogP) is 4.90. The molecule has 1 aliphatic carbocycles. The van der Waals surface area contributed by atoms with Crippen molar-refractivity contribution in [1.82, 2.24) is 15.7 Å². The molecular weight excluding hydrogens is 416 g/mol. The second kappa shape index (κ2) is 9.27. The fourth-order valence-electron chi connectivity index (χ4n) is 4.42. The van der Waals surface area contributed by atoms with Crippen LogP contribution in [0.25, 0.3) is 6.08 Å². The number of hydrazone groups is 1. The molecule has 0 saturated heterocycles. The van der Waals surface area contributed by atoms with Crippen LogP contribution in [0.5, 0.6) is 0 Å². The van der Waals surface area contributed by atoms with Gasteiger partial charge in [-0.15, -0.1) is 11.3 Å². The molecule has 2 aliphatic rings. The van der Waals surface area contributed by atoms with Gasteiger partial charge in [0.1, 0.15) is 5.71 Å². The molecule has 164 valence electrons. The molecule has 1 saturated carbocycles. The Hall–Kier alpha value is -2.96. The van der Waals surface area contributed by atoms with E-state index in [9.17, 15) is 4.79 Å². The Morgan fingerprint density at radius 1 is 1.19 bits per heavy atom. The van der Waals surface area contributed by atoms with Gasteiger partial charge in [0.15, 0.2) is 0 Å². The molecular formula is C26H28N4OS. The molecule has 3 heterocycles. The van der Waals surface area contributed by atoms with E-state index in [0.29, 0.717) is 11.5 Å². The van der Waals surface area contributed by atoms with Gasteiger partial charge in [-0.2, -0.15) is 5.10 Å². The summed E-state index contributed by atoms with van der Waals surface area (Å²) in [4.78, 5) is 17.1. The standard InChI is InChI=1S/C26H28N4OS/c1-17-20(9-5-13-27-16-18-7-3-2-4-8-18)24(19-11-12-19)22(28-17)15-21-25(29-30-26(21)31)23-10-6-14-32-23/h2-4,6-8,10,14-15,19,27-28H,5,9,11-13,16H2,1H3,(H,30,31). The lowest BCUT2D eigenvalue weighted by molar-refractivity contribution is -0.116. The molecule has 1 aromatic carbocycles. The number of carbonyl (C=O) groups excluding carboxylic acids is 1. The van der Waals surface area contributed by atoms with E-state index in [-0.39, 0.29) is 5.91 Å². The van der Waals surface area contributed by atoms with Crippen LogP contribution in [0.15, 0.2) is 58.5 Å². The van der Waals surface area contributed by atoms with E-state index in [1.807, 2.05) is 23.6 Å². The topological polar surface area (TPSA) is 69.3 Å². The third kappa shape index (κ3) is 4.47. The smallest absolute Gasteiger partial charge is 0.273 e. The highest BCUT2D eigenvalue weighted by molar-refractivity contribution is 7.12. The first-order valence-corrected chi connectivity index (χ1v) is 12.2. The van der Waals surface area contributed by atoms with E-state index < -0.39 is 0 Å². The quantitative estimate of drug-likeness (QED) is 0.324. The largest absolute Gasteiger partial charge is 0.359 e. The maximum atomic E-state index is 12.5. The first-order chi connectivity index (χ1) is 15.7. The minimum atomic E-state index is -0.130. The van der Waals surface area contributed by atoms with Gasteiger partial charge < -0.3 is 10.3 Å². The van der Waals surface area contributed by atoms with E-state index >= 15 is 0 Å². The van der Waals surface area contributed by atoms with Crippen LogP contribution < -0.4 is 10.7 Å². The molecule has 6 heteroatoms. The number of H-pyrrole nitrogens is 1. The summed E-state index contributed by atoms with van der Waals surface area (Å²) in [7, 11) is 0. The normalized spacial score (nSPS) is 17.1. The van der Waals surface area contributed by atoms with Crippen molar-refractivity contribution in [3.63, 3.8) is 0 Å². The SMILES string of the molecule is Cc1[nH]c(C=C2C(=O)NN=C2c2cccs2)c(C2CC2)c1CCCNCc1ccccc1. The molecule has 3 N–H and O–H groups in total. The number of benzene rings is 1. The van der Waals surface area contributed by atoms with Crippen molar-refractivity contribution in [2.24, 2.45) is 5.10 Å². The van der Waals surface area contributed by atoms with Crippen LogP contribution in [0.1, 0.15) is 58.1 Å². The molecule has 1 aliphatic heterocycles. The van der Waals surface area contributed by atoms with Crippen LogP contribution in [-0.2, 0) is 17.8 Å². The first-order valence-electron chi connectivity index (χ1n) is 11.3. The molecule has 32 heavy (non-hydrogen) atoms. The molecule has 0 unspecified atom stereocenters. The average Bonchev–Trinajstić information content (AvgIpc) is 3.21. The molecule has 5 rings (SSSR count). The maximum absolute atomic E-state index is 12.5. The molecule has 1 amide bonds. The van der Waals surface area contributed by atoms with Crippen molar-refractivity contribution < 1.29 is 4.79 Å². The Morgan fingerprint density at radius 3 is 2.78 bits per heavy atom. The summed E-state index contributed by atoms with van der Waals surface area (Å²) in [5.74, 6) is 0.472. The lowest BCUT2D eigenvalue weighted by Gasteiger charge is -2.08. The van der Waals surface area contributed by atoms with E-state index in [4.69, 9.17) is 0 Å². The van der Waals surface area contributed by atoms with Gasteiger partial charge in [-0.05, 0) is 79.3 Å². The van der Waals surface area contributed by atoms with Gasteiger partial charge >= 0.3 is 0 Å². The van der Waals surface area contributed by atoms with Crippen LogP contribution in [0.2, 0.25) is 0 Å². The number of amides is 1. The lowest BCUT2D eigenvalue weighted by atomic mass is 9.98. The maximum Gasteiger partial charge on any atom is 0.273 e. The number of thiophene rings is 1. The van der Waals surface area contributed by atoms with Gasteiger partial charge in [0, 0.05) is 17.9 Å². The molecule has 2 aromatic heterocycles. The van der Waals surface area contributed by atoms with Gasteiger partial charge in [0.25, 0.3) is 5.91 Å². The number of aromatic nitrogens is 1. The van der Waals surface area contributed by atoms with Crippen molar-refractivity contribution in [3.05, 3.63) is 86.4 Å². The Balaban J connectivity index is 1.31. The summed E-state index contributed by atoms with van der Waals surface area (Å²) >= 11 is 1.60. The monoisotopic (exact) mass is 444 g/mol. The first kappa shape index (κ1) is 20.9. The lowest BCUT2D eigenvalue weighted by Crippen LogP contribution is -2.15. The fraction of sp³-hybridized carbons (Fsp3) is 0.308. The third-order valence-corrected chi connectivity index (χ3v) is 7.02. The number of hydrogen-bond donors (Lipinski definition) is 3. The van der Waals surface area contributed by atoms with Crippen LogP contribution in [0.3, 0.4) is 0 Å². The number of aromatic amines is 1. The Bertz CT molecular complexity index is 1150. The molecule has 0 atom stereocenters. The summed E-state index contributed by atoms with van der Waals surface area (Å²) in [5.41, 5.74) is 10.5. The molecule has 5 nitrogen and oxygen atoms in total. The average molecular weight is 445 g/mol. The molecule has 1 fully saturated rings. The van der Waals surface area contributed by atoms with Crippen LogP contribution in [0.4, 0.5) is 0 Å². The van der Waals surface area contributed by atoms with E-state index in [2.05, 4.69) is 58.1 Å².